The van der Waals surface area contributed by atoms with E-state index in [4.69, 9.17) is 9.72 Å². The van der Waals surface area contributed by atoms with Gasteiger partial charge in [0.2, 0.25) is 0 Å². The van der Waals surface area contributed by atoms with Crippen LogP contribution < -0.4 is 5.32 Å². The number of hydrogen-bond donors (Lipinski definition) is 1. The molecule has 44 heavy (non-hydrogen) atoms. The molecule has 0 unspecified atom stereocenters. The summed E-state index contributed by atoms with van der Waals surface area (Å²) >= 11 is 0. The molecular formula is C31H32FN9O3. The van der Waals surface area contributed by atoms with Crippen LogP contribution in [0.4, 0.5) is 15.0 Å². The van der Waals surface area contributed by atoms with Crippen molar-refractivity contribution in [1.82, 2.24) is 39.1 Å². The predicted molar refractivity (Wildman–Crippen MR) is 157 cm³/mol. The first kappa shape index (κ1) is 26.9. The molecule has 13 heteroatoms. The number of nitrogens with zero attached hydrogens (tertiary/aromatic N) is 8. The SMILES string of the molecule is CC(C)n1cnnc1-c1cccc(NC(=O)c2cc3c(cc2F)CN(C(=O)N2CC4(COC4)C2)Cc2c(C4CC4)ncn2-3)n1. The molecule has 1 spiro atoms. The summed E-state index contributed by atoms with van der Waals surface area (Å²) in [5.41, 5.74) is 3.63. The largest absolute Gasteiger partial charge is 0.380 e. The lowest BCUT2D eigenvalue weighted by Gasteiger charge is -2.55. The molecule has 6 heterocycles. The fourth-order valence-corrected chi connectivity index (χ4v) is 6.44. The highest BCUT2D eigenvalue weighted by atomic mass is 19.1. The van der Waals surface area contributed by atoms with E-state index in [2.05, 4.69) is 20.5 Å². The van der Waals surface area contributed by atoms with Crippen LogP contribution in [-0.4, -0.2) is 77.3 Å². The number of amides is 3. The second-order valence-corrected chi connectivity index (χ2v) is 12.7. The Bertz CT molecular complexity index is 1800. The van der Waals surface area contributed by atoms with Crippen molar-refractivity contribution >= 4 is 17.8 Å². The lowest BCUT2D eigenvalue weighted by Crippen LogP contribution is -2.68. The molecule has 226 valence electrons. The van der Waals surface area contributed by atoms with E-state index >= 15 is 4.39 Å². The highest BCUT2D eigenvalue weighted by molar-refractivity contribution is 6.04. The van der Waals surface area contributed by atoms with Gasteiger partial charge in [-0.3, -0.25) is 4.79 Å². The quantitative estimate of drug-likeness (QED) is 0.367. The monoisotopic (exact) mass is 597 g/mol. The average Bonchev–Trinajstić information content (AvgIpc) is 3.56. The molecule has 4 aromatic rings. The average molecular weight is 598 g/mol. The molecule has 1 aliphatic carbocycles. The van der Waals surface area contributed by atoms with Gasteiger partial charge in [-0.25, -0.2) is 19.2 Å². The molecule has 3 aliphatic heterocycles. The Morgan fingerprint density at radius 1 is 1.09 bits per heavy atom. The third-order valence-corrected chi connectivity index (χ3v) is 9.00. The first-order valence-electron chi connectivity index (χ1n) is 15.0. The van der Waals surface area contributed by atoms with E-state index in [1.165, 1.54) is 6.07 Å². The minimum absolute atomic E-state index is 0.0774. The number of urea groups is 1. The number of rotatable bonds is 5. The van der Waals surface area contributed by atoms with Crippen LogP contribution >= 0.6 is 0 Å². The molecule has 12 nitrogen and oxygen atoms in total. The van der Waals surface area contributed by atoms with Gasteiger partial charge in [0.1, 0.15) is 23.7 Å². The Labute approximate surface area is 252 Å². The second-order valence-electron chi connectivity index (χ2n) is 12.7. The summed E-state index contributed by atoms with van der Waals surface area (Å²) in [6.07, 6.45) is 5.47. The van der Waals surface area contributed by atoms with E-state index in [0.717, 1.165) is 24.2 Å². The maximum Gasteiger partial charge on any atom is 0.320 e. The number of imidazole rings is 1. The number of pyridine rings is 1. The van der Waals surface area contributed by atoms with Gasteiger partial charge in [-0.2, -0.15) is 0 Å². The van der Waals surface area contributed by atoms with E-state index in [1.807, 2.05) is 27.9 Å². The van der Waals surface area contributed by atoms with Gasteiger partial charge in [0.15, 0.2) is 5.82 Å². The summed E-state index contributed by atoms with van der Waals surface area (Å²) in [4.78, 5) is 40.0. The van der Waals surface area contributed by atoms with Gasteiger partial charge >= 0.3 is 6.03 Å². The van der Waals surface area contributed by atoms with E-state index in [-0.39, 0.29) is 35.4 Å². The Morgan fingerprint density at radius 2 is 1.91 bits per heavy atom. The number of benzene rings is 1. The lowest BCUT2D eigenvalue weighted by atomic mass is 9.78. The number of fused-ring (bicyclic) bond motifs is 3. The smallest absolute Gasteiger partial charge is 0.320 e. The lowest BCUT2D eigenvalue weighted by molar-refractivity contribution is -0.177. The van der Waals surface area contributed by atoms with Crippen LogP contribution in [0.25, 0.3) is 17.2 Å². The molecule has 0 radical (unpaired) electrons. The number of aromatic nitrogens is 6. The van der Waals surface area contributed by atoms with E-state index in [1.54, 1.807) is 41.8 Å². The van der Waals surface area contributed by atoms with Gasteiger partial charge in [0.25, 0.3) is 5.91 Å². The van der Waals surface area contributed by atoms with Crippen LogP contribution in [0.5, 0.6) is 0 Å². The summed E-state index contributed by atoms with van der Waals surface area (Å²) < 4.78 is 24.9. The molecular weight excluding hydrogens is 565 g/mol. The molecule has 0 bridgehead atoms. The Kier molecular flexibility index (Phi) is 6.09. The van der Waals surface area contributed by atoms with Crippen LogP contribution in [-0.2, 0) is 17.8 Å². The van der Waals surface area contributed by atoms with Gasteiger partial charge in [-0.05, 0) is 56.5 Å². The van der Waals surface area contributed by atoms with Crippen molar-refractivity contribution in [3.63, 3.8) is 0 Å². The Morgan fingerprint density at radius 3 is 2.64 bits per heavy atom. The van der Waals surface area contributed by atoms with Crippen LogP contribution in [0.2, 0.25) is 0 Å². The van der Waals surface area contributed by atoms with Crippen LogP contribution in [0.15, 0.2) is 43.0 Å². The van der Waals surface area contributed by atoms with Gasteiger partial charge in [-0.15, -0.1) is 10.2 Å². The number of carbonyl (C=O) groups excluding carboxylic acids is 2. The first-order chi connectivity index (χ1) is 21.3. The standard InChI is InChI=1S/C31H32FN9O3/c1-18(2)40-17-34-37-28(40)23-4-3-5-26(35-23)36-29(42)21-9-24-20(8-22(21)32)10-38(30(43)39-12-31(13-39)14-44-15-31)11-25-27(19-6-7-19)33-16-41(24)25/h3-5,8-9,16-19H,6-7,10-15H2,1-2H3,(H,35,36,42). The maximum atomic E-state index is 15.7. The van der Waals surface area contributed by atoms with Crippen molar-refractivity contribution in [2.24, 2.45) is 5.41 Å². The molecule has 1 aromatic carbocycles. The van der Waals surface area contributed by atoms with Gasteiger partial charge in [0.05, 0.1) is 60.7 Å². The van der Waals surface area contributed by atoms with Crippen LogP contribution in [0, 0.1) is 11.2 Å². The third-order valence-electron chi connectivity index (χ3n) is 9.00. The number of carbonyl (C=O) groups is 2. The van der Waals surface area contributed by atoms with Gasteiger partial charge in [-0.1, -0.05) is 6.07 Å². The number of halogens is 1. The maximum absolute atomic E-state index is 15.7. The summed E-state index contributed by atoms with van der Waals surface area (Å²) in [7, 11) is 0. The molecule has 1 saturated carbocycles. The van der Waals surface area contributed by atoms with E-state index < -0.39 is 11.7 Å². The molecule has 0 atom stereocenters. The molecule has 8 rings (SSSR count). The fraction of sp³-hybridized carbons (Fsp3) is 0.419. The minimum Gasteiger partial charge on any atom is -0.380 e. The van der Waals surface area contributed by atoms with Gasteiger partial charge in [0, 0.05) is 25.0 Å². The predicted octanol–water partition coefficient (Wildman–Crippen LogP) is 4.14. The normalized spacial score (nSPS) is 18.4. The number of likely N-dealkylation sites (tertiary alicyclic amines) is 1. The van der Waals surface area contributed by atoms with Crippen molar-refractivity contribution in [2.45, 2.75) is 51.7 Å². The van der Waals surface area contributed by atoms with E-state index in [0.29, 0.717) is 61.5 Å². The highest BCUT2D eigenvalue weighted by Gasteiger charge is 2.51. The Hall–Kier alpha value is -4.65. The van der Waals surface area contributed by atoms with Crippen molar-refractivity contribution in [3.05, 3.63) is 71.3 Å². The molecule has 3 aromatic heterocycles. The summed E-state index contributed by atoms with van der Waals surface area (Å²) in [6, 6.07) is 8.15. The molecule has 4 aliphatic rings. The van der Waals surface area contributed by atoms with Crippen LogP contribution in [0.1, 0.15) is 66.0 Å². The summed E-state index contributed by atoms with van der Waals surface area (Å²) in [5.74, 6) is -0.118. The number of ether oxygens (including phenoxy) is 1. The molecule has 1 N–H and O–H groups in total. The highest BCUT2D eigenvalue weighted by Crippen LogP contribution is 2.43. The fourth-order valence-electron chi connectivity index (χ4n) is 6.44. The molecule has 2 saturated heterocycles. The minimum atomic E-state index is -0.676. The van der Waals surface area contributed by atoms with E-state index in [9.17, 15) is 9.59 Å². The van der Waals surface area contributed by atoms with Crippen LogP contribution in [0.3, 0.4) is 0 Å². The topological polar surface area (TPSA) is 123 Å². The van der Waals surface area contributed by atoms with Gasteiger partial charge < -0.3 is 29.0 Å². The number of hydrogen-bond acceptors (Lipinski definition) is 7. The first-order valence-corrected chi connectivity index (χ1v) is 15.0. The zero-order chi connectivity index (χ0) is 30.2. The number of nitrogens with one attached hydrogen (secondary N) is 1. The third kappa shape index (κ3) is 4.45. The zero-order valence-electron chi connectivity index (χ0n) is 24.5. The Balaban J connectivity index is 1.10. The van der Waals surface area contributed by atoms with Crippen molar-refractivity contribution in [2.75, 3.05) is 31.6 Å². The number of anilines is 1. The molecule has 3 amide bonds. The van der Waals surface area contributed by atoms with Crippen molar-refractivity contribution < 1.29 is 18.7 Å². The van der Waals surface area contributed by atoms with Crippen molar-refractivity contribution in [3.8, 4) is 17.2 Å². The zero-order valence-corrected chi connectivity index (χ0v) is 24.5. The summed E-state index contributed by atoms with van der Waals surface area (Å²) in [6.45, 7) is 7.32. The van der Waals surface area contributed by atoms with Crippen molar-refractivity contribution in [1.29, 1.82) is 0 Å². The summed E-state index contributed by atoms with van der Waals surface area (Å²) in [5, 5.41) is 10.9. The molecule has 3 fully saturated rings. The second kappa shape index (κ2) is 9.94.